The van der Waals surface area contributed by atoms with E-state index in [9.17, 15) is 18.0 Å². The van der Waals surface area contributed by atoms with Crippen LogP contribution < -0.4 is 15.4 Å². The molecule has 0 radical (unpaired) electrons. The minimum Gasteiger partial charge on any atom is -0.484 e. The van der Waals surface area contributed by atoms with Crippen LogP contribution in [0.5, 0.6) is 5.75 Å². The molecule has 2 aromatic rings. The molecule has 0 fully saturated rings. The Labute approximate surface area is 155 Å². The molecule has 0 saturated heterocycles. The van der Waals surface area contributed by atoms with Crippen molar-refractivity contribution in [2.45, 2.75) is 18.8 Å². The predicted molar refractivity (Wildman–Crippen MR) is 92.1 cm³/mol. The number of carbonyl (C=O) groups is 1. The summed E-state index contributed by atoms with van der Waals surface area (Å²) < 4.78 is 43.3. The molecule has 0 aliphatic rings. The van der Waals surface area contributed by atoms with Gasteiger partial charge in [-0.2, -0.15) is 18.3 Å². The molecule has 1 amide bonds. The van der Waals surface area contributed by atoms with Crippen LogP contribution in [-0.2, 0) is 18.4 Å². The fourth-order valence-electron chi connectivity index (χ4n) is 2.27. The number of benzene rings is 1. The lowest BCUT2D eigenvalue weighted by molar-refractivity contribution is -0.153. The van der Waals surface area contributed by atoms with E-state index in [1.54, 1.807) is 49.4 Å². The summed E-state index contributed by atoms with van der Waals surface area (Å²) in [6, 6.07) is 5.66. The largest absolute Gasteiger partial charge is 0.484 e. The third-order valence-corrected chi connectivity index (χ3v) is 3.43. The van der Waals surface area contributed by atoms with E-state index in [0.717, 1.165) is 0 Å². The fraction of sp³-hybridized carbons (Fsp3) is 0.375. The van der Waals surface area contributed by atoms with E-state index in [-0.39, 0.29) is 30.6 Å². The minimum atomic E-state index is -4.42. The number of hydrogen-bond donors (Lipinski definition) is 2. The molecule has 26 heavy (non-hydrogen) atoms. The molecule has 144 valence electrons. The highest BCUT2D eigenvalue weighted by molar-refractivity contribution is 5.85. The van der Waals surface area contributed by atoms with Crippen LogP contribution in [0.3, 0.4) is 0 Å². The second-order valence-corrected chi connectivity index (χ2v) is 5.40. The molecule has 0 bridgehead atoms. The van der Waals surface area contributed by atoms with E-state index in [4.69, 9.17) is 4.74 Å². The van der Waals surface area contributed by atoms with Crippen LogP contribution in [-0.4, -0.2) is 35.5 Å². The number of alkyl halides is 3. The lowest BCUT2D eigenvalue weighted by Gasteiger charge is -2.16. The van der Waals surface area contributed by atoms with Crippen LogP contribution >= 0.6 is 12.4 Å². The van der Waals surface area contributed by atoms with Gasteiger partial charge in [-0.3, -0.25) is 9.48 Å². The molecular weight excluding hydrogens is 373 g/mol. The number of para-hydroxylation sites is 1. The number of hydrogen-bond acceptors (Lipinski definition) is 4. The topological polar surface area (TPSA) is 68.2 Å². The van der Waals surface area contributed by atoms with Gasteiger partial charge in [-0.05, 0) is 13.1 Å². The Balaban J connectivity index is 0.00000338. The molecule has 0 aliphatic carbocycles. The first-order valence-electron chi connectivity index (χ1n) is 7.51. The van der Waals surface area contributed by atoms with Crippen molar-refractivity contribution in [3.05, 3.63) is 47.8 Å². The summed E-state index contributed by atoms with van der Waals surface area (Å²) in [4.78, 5) is 12.4. The molecule has 10 heteroatoms. The molecule has 6 nitrogen and oxygen atoms in total. The van der Waals surface area contributed by atoms with Gasteiger partial charge in [0.2, 0.25) is 5.91 Å². The van der Waals surface area contributed by atoms with Crippen LogP contribution in [0.1, 0.15) is 17.2 Å². The number of amides is 1. The lowest BCUT2D eigenvalue weighted by Crippen LogP contribution is -2.35. The van der Waals surface area contributed by atoms with Crippen molar-refractivity contribution in [3.63, 3.8) is 0 Å². The number of aromatic nitrogens is 2. The summed E-state index contributed by atoms with van der Waals surface area (Å²) in [7, 11) is 3.37. The first-order valence-corrected chi connectivity index (χ1v) is 7.51. The Hall–Kier alpha value is -2.26. The lowest BCUT2D eigenvalue weighted by atomic mass is 10.1. The predicted octanol–water partition coefficient (Wildman–Crippen LogP) is 2.36. The van der Waals surface area contributed by atoms with Crippen molar-refractivity contribution >= 4 is 18.3 Å². The zero-order chi connectivity index (χ0) is 18.4. The number of rotatable bonds is 7. The highest BCUT2D eigenvalue weighted by atomic mass is 35.5. The van der Waals surface area contributed by atoms with Gasteiger partial charge in [-0.1, -0.05) is 18.2 Å². The number of aryl methyl sites for hydroxylation is 1. The number of halogens is 4. The molecule has 1 heterocycles. The van der Waals surface area contributed by atoms with Crippen molar-refractivity contribution in [2.24, 2.45) is 7.05 Å². The van der Waals surface area contributed by atoms with Crippen molar-refractivity contribution in [2.75, 3.05) is 13.7 Å². The maximum absolute atomic E-state index is 12.4. The molecule has 2 N–H and O–H groups in total. The summed E-state index contributed by atoms with van der Waals surface area (Å²) in [6.07, 6.45) is -1.14. The number of likely N-dealkylation sites (N-methyl/N-ethyl adjacent to an activating group) is 1. The maximum Gasteiger partial charge on any atom is 0.422 e. The van der Waals surface area contributed by atoms with Crippen LogP contribution in [0.2, 0.25) is 0 Å². The Morgan fingerprint density at radius 2 is 2.04 bits per heavy atom. The van der Waals surface area contributed by atoms with E-state index in [0.29, 0.717) is 11.1 Å². The zero-order valence-electron chi connectivity index (χ0n) is 14.2. The Morgan fingerprint density at radius 1 is 1.35 bits per heavy atom. The van der Waals surface area contributed by atoms with Gasteiger partial charge in [0.05, 0.1) is 6.20 Å². The quantitative estimate of drug-likeness (QED) is 0.759. The van der Waals surface area contributed by atoms with Crippen molar-refractivity contribution in [3.8, 4) is 5.75 Å². The van der Waals surface area contributed by atoms with Crippen LogP contribution in [0.25, 0.3) is 0 Å². The monoisotopic (exact) mass is 392 g/mol. The fourth-order valence-corrected chi connectivity index (χ4v) is 2.27. The van der Waals surface area contributed by atoms with Gasteiger partial charge in [0.25, 0.3) is 0 Å². The molecule has 1 aromatic heterocycles. The molecular formula is C16H20ClF3N4O2. The molecule has 1 atom stereocenters. The smallest absolute Gasteiger partial charge is 0.422 e. The van der Waals surface area contributed by atoms with Gasteiger partial charge in [0.15, 0.2) is 6.61 Å². The number of nitrogens with one attached hydrogen (secondary N) is 2. The van der Waals surface area contributed by atoms with Crippen LogP contribution in [0.4, 0.5) is 13.2 Å². The van der Waals surface area contributed by atoms with Crippen molar-refractivity contribution in [1.82, 2.24) is 20.4 Å². The average Bonchev–Trinajstić information content (AvgIpc) is 2.98. The SMILES string of the molecule is CNC(C(=O)NCc1ccccc1OCC(F)(F)F)c1cnn(C)c1.Cl. The van der Waals surface area contributed by atoms with E-state index in [1.807, 2.05) is 0 Å². The molecule has 0 saturated carbocycles. The van der Waals surface area contributed by atoms with E-state index in [2.05, 4.69) is 15.7 Å². The highest BCUT2D eigenvalue weighted by Crippen LogP contribution is 2.22. The first kappa shape index (κ1) is 21.8. The standard InChI is InChI=1S/C16H19F3N4O2.ClH/c1-20-14(12-8-22-23(2)9-12)15(24)21-7-11-5-3-4-6-13(11)25-10-16(17,18)19;/h3-6,8-9,14,20H,7,10H2,1-2H3,(H,21,24);1H. The van der Waals surface area contributed by atoms with Gasteiger partial charge in [-0.15, -0.1) is 12.4 Å². The Morgan fingerprint density at radius 3 is 2.62 bits per heavy atom. The van der Waals surface area contributed by atoms with Gasteiger partial charge in [0.1, 0.15) is 11.8 Å². The van der Waals surface area contributed by atoms with Crippen LogP contribution in [0.15, 0.2) is 36.7 Å². The molecule has 1 unspecified atom stereocenters. The number of carbonyl (C=O) groups excluding carboxylic acids is 1. The van der Waals surface area contributed by atoms with E-state index < -0.39 is 18.8 Å². The van der Waals surface area contributed by atoms with Crippen molar-refractivity contribution < 1.29 is 22.7 Å². The molecule has 0 aliphatic heterocycles. The molecule has 1 aromatic carbocycles. The number of ether oxygens (including phenoxy) is 1. The van der Waals surface area contributed by atoms with Gasteiger partial charge in [0, 0.05) is 30.9 Å². The van der Waals surface area contributed by atoms with Crippen molar-refractivity contribution in [1.29, 1.82) is 0 Å². The second kappa shape index (κ2) is 9.44. The normalized spacial score (nSPS) is 12.2. The Bertz CT molecular complexity index is 722. The van der Waals surface area contributed by atoms with Gasteiger partial charge < -0.3 is 15.4 Å². The minimum absolute atomic E-state index is 0. The van der Waals surface area contributed by atoms with Gasteiger partial charge in [-0.25, -0.2) is 0 Å². The zero-order valence-corrected chi connectivity index (χ0v) is 15.0. The molecule has 0 spiro atoms. The molecule has 2 rings (SSSR count). The average molecular weight is 393 g/mol. The summed E-state index contributed by atoms with van der Waals surface area (Å²) in [5.74, 6) is -0.233. The van der Waals surface area contributed by atoms with Crippen LogP contribution in [0, 0.1) is 0 Å². The van der Waals surface area contributed by atoms with Gasteiger partial charge >= 0.3 is 6.18 Å². The summed E-state index contributed by atoms with van der Waals surface area (Å²) in [5, 5.41) is 9.60. The third kappa shape index (κ3) is 6.23. The first-order chi connectivity index (χ1) is 11.8. The summed E-state index contributed by atoms with van der Waals surface area (Å²) in [5.41, 5.74) is 1.14. The number of nitrogens with zero attached hydrogens (tertiary/aromatic N) is 2. The third-order valence-electron chi connectivity index (χ3n) is 3.43. The second-order valence-electron chi connectivity index (χ2n) is 5.40. The van der Waals surface area contributed by atoms with E-state index in [1.165, 1.54) is 6.07 Å². The van der Waals surface area contributed by atoms with E-state index >= 15 is 0 Å². The maximum atomic E-state index is 12.4. The Kier molecular flexibility index (Phi) is 7.91. The summed E-state index contributed by atoms with van der Waals surface area (Å²) in [6.45, 7) is -1.34. The highest BCUT2D eigenvalue weighted by Gasteiger charge is 2.29. The summed E-state index contributed by atoms with van der Waals surface area (Å²) >= 11 is 0.